The number of hydrogen-bond acceptors (Lipinski definition) is 1. The van der Waals surface area contributed by atoms with Gasteiger partial charge in [0.1, 0.15) is 6.34 Å². The minimum Gasteiger partial charge on any atom is -0.343 e. The van der Waals surface area contributed by atoms with Gasteiger partial charge in [-0.1, -0.05) is 52.7 Å². The van der Waals surface area contributed by atoms with Gasteiger partial charge in [-0.15, -0.1) is 0 Å². The van der Waals surface area contributed by atoms with Crippen molar-refractivity contribution in [1.82, 2.24) is 4.67 Å². The van der Waals surface area contributed by atoms with Crippen molar-refractivity contribution in [2.24, 2.45) is 0 Å². The number of nitrogens with zero attached hydrogens (tertiary/aromatic N) is 1. The van der Waals surface area contributed by atoms with E-state index < -0.39 is 21.6 Å². The molecule has 0 saturated heterocycles. The van der Waals surface area contributed by atoms with Gasteiger partial charge >= 0.3 is 6.18 Å². The van der Waals surface area contributed by atoms with E-state index in [1.165, 1.54) is 16.8 Å². The van der Waals surface area contributed by atoms with Gasteiger partial charge in [0.25, 0.3) is 0 Å². The Morgan fingerprint density at radius 3 is 2.15 bits per heavy atom. The molecule has 0 fully saturated rings. The van der Waals surface area contributed by atoms with E-state index in [0.717, 1.165) is 12.1 Å². The Hall–Kier alpha value is 0.290. The molecule has 0 aromatic heterocycles. The van der Waals surface area contributed by atoms with Gasteiger partial charge in [-0.3, -0.25) is 4.67 Å². The standard InChI is InChI=1S/C10H11Cl3F3N2PS/c1-18(2)19(20,10(11,12)13)17-8-5-3-4-7(6-8)9(14,15)16/h3-6H,1-2H3,(H,17,20). The fourth-order valence-electron chi connectivity index (χ4n) is 1.33. The van der Waals surface area contributed by atoms with Crippen molar-refractivity contribution in [2.75, 3.05) is 19.2 Å². The first kappa shape index (κ1) is 18.3. The molecule has 0 heterocycles. The highest BCUT2D eigenvalue weighted by molar-refractivity contribution is 8.16. The van der Waals surface area contributed by atoms with E-state index in [4.69, 9.17) is 46.6 Å². The molecule has 1 rings (SSSR count). The van der Waals surface area contributed by atoms with Crippen LogP contribution in [0.15, 0.2) is 24.3 Å². The molecule has 10 heteroatoms. The number of anilines is 1. The number of benzene rings is 1. The molecule has 1 aromatic rings. The van der Waals surface area contributed by atoms with Crippen LogP contribution in [-0.2, 0) is 18.0 Å². The Morgan fingerprint density at radius 1 is 1.20 bits per heavy atom. The molecule has 1 N–H and O–H groups in total. The second kappa shape index (κ2) is 6.19. The van der Waals surface area contributed by atoms with Gasteiger partial charge < -0.3 is 5.09 Å². The van der Waals surface area contributed by atoms with Gasteiger partial charge in [0.2, 0.25) is 3.53 Å². The number of hydrogen-bond donors (Lipinski definition) is 1. The molecule has 0 saturated carbocycles. The van der Waals surface area contributed by atoms with Crippen LogP contribution in [0.1, 0.15) is 5.56 Å². The lowest BCUT2D eigenvalue weighted by atomic mass is 10.2. The summed E-state index contributed by atoms with van der Waals surface area (Å²) >= 11 is 22.9. The third-order valence-electron chi connectivity index (χ3n) is 2.38. The predicted molar refractivity (Wildman–Crippen MR) is 83.3 cm³/mol. The highest BCUT2D eigenvalue weighted by Crippen LogP contribution is 2.65. The minimum absolute atomic E-state index is 0.156. The first-order valence-electron chi connectivity index (χ1n) is 5.18. The third-order valence-corrected chi connectivity index (χ3v) is 9.93. The summed E-state index contributed by atoms with van der Waals surface area (Å²) in [5.74, 6) is 0. The van der Waals surface area contributed by atoms with Crippen LogP contribution in [0.5, 0.6) is 0 Å². The number of rotatable bonds is 3. The maximum Gasteiger partial charge on any atom is 0.416 e. The first-order chi connectivity index (χ1) is 8.88. The maximum atomic E-state index is 12.7. The van der Waals surface area contributed by atoms with Gasteiger partial charge in [-0.05, 0) is 32.3 Å². The van der Waals surface area contributed by atoms with Crippen molar-refractivity contribution in [3.05, 3.63) is 29.8 Å². The monoisotopic (exact) mass is 384 g/mol. The van der Waals surface area contributed by atoms with Crippen LogP contribution in [0.4, 0.5) is 18.9 Å². The number of halogens is 6. The van der Waals surface area contributed by atoms with Crippen molar-refractivity contribution in [3.8, 4) is 0 Å². The highest BCUT2D eigenvalue weighted by atomic mass is 35.6. The molecule has 1 atom stereocenters. The zero-order valence-corrected chi connectivity index (χ0v) is 14.4. The van der Waals surface area contributed by atoms with Crippen LogP contribution in [-0.4, -0.2) is 22.3 Å². The van der Waals surface area contributed by atoms with E-state index in [2.05, 4.69) is 5.09 Å². The SMILES string of the molecule is CN(C)P(=S)(Nc1cccc(C(F)(F)F)c1)C(Cl)(Cl)Cl. The molecule has 2 nitrogen and oxygen atoms in total. The summed E-state index contributed by atoms with van der Waals surface area (Å²) in [6.07, 6.45) is -7.37. The molecule has 0 spiro atoms. The Bertz CT molecular complexity index is 531. The van der Waals surface area contributed by atoms with Gasteiger partial charge in [-0.2, -0.15) is 13.2 Å². The van der Waals surface area contributed by atoms with Crippen molar-refractivity contribution in [1.29, 1.82) is 0 Å². The zero-order valence-electron chi connectivity index (χ0n) is 10.4. The van der Waals surface area contributed by atoms with E-state index in [1.807, 2.05) is 0 Å². The third kappa shape index (κ3) is 4.15. The summed E-state index contributed by atoms with van der Waals surface area (Å²) in [7, 11) is 3.20. The summed E-state index contributed by atoms with van der Waals surface area (Å²) in [5, 5.41) is 2.76. The van der Waals surface area contributed by atoms with Crippen molar-refractivity contribution >= 4 is 58.6 Å². The van der Waals surface area contributed by atoms with Crippen LogP contribution in [0.3, 0.4) is 0 Å². The minimum atomic E-state index is -4.45. The highest BCUT2D eigenvalue weighted by Gasteiger charge is 2.42. The van der Waals surface area contributed by atoms with Crippen molar-refractivity contribution < 1.29 is 13.2 Å². The molecule has 0 aliphatic rings. The van der Waals surface area contributed by atoms with Gasteiger partial charge in [0, 0.05) is 5.69 Å². The smallest absolute Gasteiger partial charge is 0.343 e. The molecule has 114 valence electrons. The summed E-state index contributed by atoms with van der Waals surface area (Å²) in [6.45, 7) is 0. The van der Waals surface area contributed by atoms with Gasteiger partial charge in [0.15, 0.2) is 0 Å². The number of nitrogens with one attached hydrogen (secondary N) is 1. The molecule has 0 bridgehead atoms. The van der Waals surface area contributed by atoms with Crippen LogP contribution in [0.25, 0.3) is 0 Å². The van der Waals surface area contributed by atoms with E-state index in [-0.39, 0.29) is 5.69 Å². The van der Waals surface area contributed by atoms with Crippen LogP contribution >= 0.6 is 41.1 Å². The topological polar surface area (TPSA) is 15.3 Å². The summed E-state index contributed by atoms with van der Waals surface area (Å²) in [4.78, 5) is 0. The Kier molecular flexibility index (Phi) is 5.68. The molecule has 0 aliphatic heterocycles. The lowest BCUT2D eigenvalue weighted by Crippen LogP contribution is -2.24. The molecule has 0 radical (unpaired) electrons. The molecular weight excluding hydrogens is 375 g/mol. The normalized spacial score (nSPS) is 16.1. The second-order valence-electron chi connectivity index (χ2n) is 4.08. The van der Waals surface area contributed by atoms with Crippen LogP contribution < -0.4 is 5.09 Å². The quantitative estimate of drug-likeness (QED) is 0.560. The Morgan fingerprint density at radius 2 is 1.75 bits per heavy atom. The van der Waals surface area contributed by atoms with E-state index >= 15 is 0 Å². The number of alkyl halides is 6. The molecule has 20 heavy (non-hydrogen) atoms. The predicted octanol–water partition coefficient (Wildman–Crippen LogP) is 5.32. The Balaban J connectivity index is 3.18. The largest absolute Gasteiger partial charge is 0.416 e. The van der Waals surface area contributed by atoms with Crippen LogP contribution in [0.2, 0.25) is 0 Å². The fourth-order valence-corrected chi connectivity index (χ4v) is 4.66. The fraction of sp³-hybridized carbons (Fsp3) is 0.400. The van der Waals surface area contributed by atoms with E-state index in [0.29, 0.717) is 0 Å². The summed E-state index contributed by atoms with van der Waals surface area (Å²) < 4.78 is 37.7. The molecule has 1 aromatic carbocycles. The molecule has 0 amide bonds. The average Bonchev–Trinajstić information content (AvgIpc) is 2.26. The van der Waals surface area contributed by atoms with Gasteiger partial charge in [0.05, 0.1) is 5.56 Å². The van der Waals surface area contributed by atoms with Gasteiger partial charge in [-0.25, -0.2) is 0 Å². The summed E-state index contributed by atoms with van der Waals surface area (Å²) in [5.41, 5.74) is -0.643. The lowest BCUT2D eigenvalue weighted by Gasteiger charge is -2.35. The van der Waals surface area contributed by atoms with Crippen LogP contribution in [0, 0.1) is 0 Å². The van der Waals surface area contributed by atoms with Crippen molar-refractivity contribution in [3.63, 3.8) is 0 Å². The first-order valence-corrected chi connectivity index (χ1v) is 9.07. The van der Waals surface area contributed by atoms with Crippen molar-refractivity contribution in [2.45, 2.75) is 9.71 Å². The molecule has 0 aliphatic carbocycles. The average molecular weight is 386 g/mol. The Labute approximate surface area is 135 Å². The van der Waals surface area contributed by atoms with E-state index in [1.54, 1.807) is 14.1 Å². The lowest BCUT2D eigenvalue weighted by molar-refractivity contribution is -0.137. The maximum absolute atomic E-state index is 12.7. The summed E-state index contributed by atoms with van der Waals surface area (Å²) in [6, 6.07) is 4.59. The zero-order chi connectivity index (χ0) is 15.8. The second-order valence-corrected chi connectivity index (χ2v) is 11.6. The van der Waals surface area contributed by atoms with E-state index in [9.17, 15) is 13.2 Å². The molecular formula is C10H11Cl3F3N2PS. The molecule has 1 unspecified atom stereocenters.